The predicted octanol–water partition coefficient (Wildman–Crippen LogP) is 3.08. The number of rotatable bonds is 4. The van der Waals surface area contributed by atoms with Gasteiger partial charge in [0.2, 0.25) is 11.1 Å². The molecule has 9 heteroatoms. The average Bonchev–Trinajstić information content (AvgIpc) is 2.97. The number of fused-ring (bicyclic) bond motifs is 3. The van der Waals surface area contributed by atoms with Crippen LogP contribution in [0.4, 0.5) is 10.1 Å². The average molecular weight is 369 g/mol. The number of amides is 1. The van der Waals surface area contributed by atoms with Crippen LogP contribution in [0, 0.1) is 5.82 Å². The first-order valence-corrected chi connectivity index (χ1v) is 8.60. The van der Waals surface area contributed by atoms with Gasteiger partial charge in [-0.3, -0.25) is 4.79 Å². The van der Waals surface area contributed by atoms with Gasteiger partial charge < -0.3 is 15.4 Å². The maximum atomic E-state index is 13.4. The van der Waals surface area contributed by atoms with Gasteiger partial charge in [0.1, 0.15) is 17.1 Å². The smallest absolute Gasteiger partial charge is 0.234 e. The Morgan fingerprint density at radius 3 is 2.96 bits per heavy atom. The summed E-state index contributed by atoms with van der Waals surface area (Å²) in [5, 5.41) is 21.1. The molecular formula is C17H12FN5O2S. The van der Waals surface area contributed by atoms with E-state index in [0.717, 1.165) is 11.8 Å². The zero-order valence-electron chi connectivity index (χ0n) is 13.2. The number of thioether (sulfide) groups is 1. The fraction of sp³-hybridized carbons (Fsp3) is 0.0588. The number of benzene rings is 2. The maximum Gasteiger partial charge on any atom is 0.234 e. The summed E-state index contributed by atoms with van der Waals surface area (Å²) in [7, 11) is 0. The van der Waals surface area contributed by atoms with Gasteiger partial charge in [-0.05, 0) is 30.3 Å². The van der Waals surface area contributed by atoms with Gasteiger partial charge in [0.15, 0.2) is 5.65 Å². The molecule has 7 nitrogen and oxygen atoms in total. The van der Waals surface area contributed by atoms with Gasteiger partial charge in [0.25, 0.3) is 0 Å². The summed E-state index contributed by atoms with van der Waals surface area (Å²) in [6, 6.07) is 10.6. The van der Waals surface area contributed by atoms with Crippen LogP contribution in [-0.2, 0) is 4.79 Å². The molecule has 2 heterocycles. The summed E-state index contributed by atoms with van der Waals surface area (Å²) < 4.78 is 13.4. The molecule has 130 valence electrons. The van der Waals surface area contributed by atoms with Gasteiger partial charge in [-0.1, -0.05) is 17.8 Å². The quantitative estimate of drug-likeness (QED) is 0.478. The number of aromatic amines is 1. The molecule has 0 aliphatic carbocycles. The first-order chi connectivity index (χ1) is 12.6. The molecule has 2 aromatic heterocycles. The van der Waals surface area contributed by atoms with E-state index in [4.69, 9.17) is 0 Å². The Kier molecular flexibility index (Phi) is 4.13. The normalized spacial score (nSPS) is 11.1. The lowest BCUT2D eigenvalue weighted by Crippen LogP contribution is -2.14. The topological polar surface area (TPSA) is 104 Å². The molecule has 1 amide bonds. The summed E-state index contributed by atoms with van der Waals surface area (Å²) >= 11 is 1.13. The van der Waals surface area contributed by atoms with Gasteiger partial charge in [0, 0.05) is 22.7 Å². The summed E-state index contributed by atoms with van der Waals surface area (Å²) in [6.07, 6.45) is 0. The van der Waals surface area contributed by atoms with Crippen LogP contribution in [0.25, 0.3) is 22.1 Å². The monoisotopic (exact) mass is 369 g/mol. The number of hydrogen-bond donors (Lipinski definition) is 3. The first kappa shape index (κ1) is 16.3. The van der Waals surface area contributed by atoms with Crippen LogP contribution in [0.3, 0.4) is 0 Å². The van der Waals surface area contributed by atoms with Crippen molar-refractivity contribution in [2.45, 2.75) is 5.16 Å². The number of hydrogen-bond acceptors (Lipinski definition) is 6. The minimum absolute atomic E-state index is 0.0729. The maximum absolute atomic E-state index is 13.4. The van der Waals surface area contributed by atoms with E-state index in [-0.39, 0.29) is 23.2 Å². The summed E-state index contributed by atoms with van der Waals surface area (Å²) in [4.78, 5) is 19.4. The molecular weight excluding hydrogens is 357 g/mol. The Bertz CT molecular complexity index is 1130. The third-order valence-corrected chi connectivity index (χ3v) is 4.46. The molecule has 3 N–H and O–H groups in total. The summed E-state index contributed by atoms with van der Waals surface area (Å²) in [6.45, 7) is 0. The number of aromatic nitrogens is 4. The Morgan fingerprint density at radius 2 is 2.12 bits per heavy atom. The van der Waals surface area contributed by atoms with E-state index in [2.05, 4.69) is 25.5 Å². The van der Waals surface area contributed by atoms with E-state index in [0.29, 0.717) is 32.9 Å². The van der Waals surface area contributed by atoms with E-state index in [1.807, 2.05) is 0 Å². The summed E-state index contributed by atoms with van der Waals surface area (Å²) in [5.41, 5.74) is 2.18. The molecule has 0 radical (unpaired) electrons. The van der Waals surface area contributed by atoms with E-state index in [9.17, 15) is 14.3 Å². The minimum atomic E-state index is -0.359. The van der Waals surface area contributed by atoms with Crippen LogP contribution >= 0.6 is 11.8 Å². The Hall–Kier alpha value is -3.20. The molecule has 0 saturated carbocycles. The molecule has 26 heavy (non-hydrogen) atoms. The fourth-order valence-electron chi connectivity index (χ4n) is 2.50. The molecule has 2 aromatic carbocycles. The van der Waals surface area contributed by atoms with E-state index >= 15 is 0 Å². The fourth-order valence-corrected chi connectivity index (χ4v) is 3.09. The molecule has 0 fully saturated rings. The van der Waals surface area contributed by atoms with Crippen LogP contribution in [0.15, 0.2) is 47.6 Å². The van der Waals surface area contributed by atoms with Crippen LogP contribution in [-0.4, -0.2) is 36.9 Å². The molecule has 4 aromatic rings. The molecule has 4 rings (SSSR count). The Morgan fingerprint density at radius 1 is 1.23 bits per heavy atom. The lowest BCUT2D eigenvalue weighted by atomic mass is 10.2. The van der Waals surface area contributed by atoms with Crippen molar-refractivity contribution in [3.8, 4) is 5.75 Å². The largest absolute Gasteiger partial charge is 0.508 e. The van der Waals surface area contributed by atoms with Crippen molar-refractivity contribution in [2.24, 2.45) is 0 Å². The number of halogens is 1. The van der Waals surface area contributed by atoms with E-state index < -0.39 is 0 Å². The van der Waals surface area contributed by atoms with Gasteiger partial charge in [-0.25, -0.2) is 9.37 Å². The number of phenolic OH excluding ortho intramolecular Hbond substituents is 1. The highest BCUT2D eigenvalue weighted by molar-refractivity contribution is 7.99. The highest BCUT2D eigenvalue weighted by Crippen LogP contribution is 2.24. The number of carbonyl (C=O) groups excluding carboxylic acids is 1. The van der Waals surface area contributed by atoms with Gasteiger partial charge in [-0.2, -0.15) is 0 Å². The van der Waals surface area contributed by atoms with Gasteiger partial charge in [0.05, 0.1) is 5.75 Å². The van der Waals surface area contributed by atoms with Crippen LogP contribution in [0.5, 0.6) is 5.75 Å². The molecule has 0 atom stereocenters. The standard InChI is InChI=1S/C17H12FN5O2S/c18-9-4-5-13-12(6-9)15-16(20-13)21-17(23-22-15)26-8-14(25)19-10-2-1-3-11(24)7-10/h1-7,24H,8H2,(H,19,25)(H,20,21,23). The predicted molar refractivity (Wildman–Crippen MR) is 96.6 cm³/mol. The van der Waals surface area contributed by atoms with Crippen molar-refractivity contribution in [3.63, 3.8) is 0 Å². The number of carbonyl (C=O) groups is 1. The van der Waals surface area contributed by atoms with E-state index in [1.54, 1.807) is 18.2 Å². The highest BCUT2D eigenvalue weighted by Gasteiger charge is 2.12. The Labute approximate surface area is 150 Å². The lowest BCUT2D eigenvalue weighted by molar-refractivity contribution is -0.113. The number of H-pyrrole nitrogens is 1. The molecule has 0 aliphatic rings. The van der Waals surface area contributed by atoms with Gasteiger partial charge >= 0.3 is 0 Å². The SMILES string of the molecule is O=C(CSc1nnc2c(n1)[nH]c1ccc(F)cc12)Nc1cccc(O)c1. The van der Waals surface area contributed by atoms with E-state index in [1.165, 1.54) is 24.3 Å². The zero-order chi connectivity index (χ0) is 18.1. The second-order valence-corrected chi connectivity index (χ2v) is 6.44. The number of anilines is 1. The number of nitrogens with zero attached hydrogens (tertiary/aromatic N) is 3. The third-order valence-electron chi connectivity index (χ3n) is 3.62. The first-order valence-electron chi connectivity index (χ1n) is 7.62. The van der Waals surface area contributed by atoms with Crippen molar-refractivity contribution in [1.82, 2.24) is 20.2 Å². The molecule has 0 unspecified atom stereocenters. The molecule has 0 bridgehead atoms. The van der Waals surface area contributed by atoms with Crippen molar-refractivity contribution in [3.05, 3.63) is 48.3 Å². The third kappa shape index (κ3) is 3.29. The van der Waals surface area contributed by atoms with Crippen molar-refractivity contribution in [1.29, 1.82) is 0 Å². The minimum Gasteiger partial charge on any atom is -0.508 e. The van der Waals surface area contributed by atoms with Gasteiger partial charge in [-0.15, -0.1) is 10.2 Å². The number of aromatic hydroxyl groups is 1. The molecule has 0 saturated heterocycles. The van der Waals surface area contributed by atoms with Crippen LogP contribution < -0.4 is 5.32 Å². The van der Waals surface area contributed by atoms with Crippen molar-refractivity contribution in [2.75, 3.05) is 11.1 Å². The van der Waals surface area contributed by atoms with Crippen LogP contribution in [0.1, 0.15) is 0 Å². The summed E-state index contributed by atoms with van der Waals surface area (Å²) in [5.74, 6) is -0.466. The van der Waals surface area contributed by atoms with Crippen molar-refractivity contribution < 1.29 is 14.3 Å². The zero-order valence-corrected chi connectivity index (χ0v) is 14.0. The highest BCUT2D eigenvalue weighted by atomic mass is 32.2. The lowest BCUT2D eigenvalue weighted by Gasteiger charge is -2.04. The number of nitrogens with one attached hydrogen (secondary N) is 2. The Balaban J connectivity index is 1.48. The van der Waals surface area contributed by atoms with Crippen LogP contribution in [0.2, 0.25) is 0 Å². The number of phenols is 1. The molecule has 0 spiro atoms. The second kappa shape index (κ2) is 6.60. The van der Waals surface area contributed by atoms with Crippen molar-refractivity contribution >= 4 is 45.4 Å². The molecule has 0 aliphatic heterocycles. The second-order valence-electron chi connectivity index (χ2n) is 5.49.